The average molecular weight is 398 g/mol. The average Bonchev–Trinajstić information content (AvgIpc) is 2.74. The molecule has 0 fully saturated rings. The highest BCUT2D eigenvalue weighted by molar-refractivity contribution is 6.33. The topological polar surface area (TPSA) is 106 Å². The van der Waals surface area contributed by atoms with Gasteiger partial charge in [0.05, 0.1) is 48.0 Å². The number of nitrogens with zero attached hydrogens (tertiary/aromatic N) is 3. The summed E-state index contributed by atoms with van der Waals surface area (Å²) in [6.45, 7) is 0.289. The van der Waals surface area contributed by atoms with Crippen LogP contribution in [0.2, 0.25) is 5.02 Å². The van der Waals surface area contributed by atoms with Gasteiger partial charge >= 0.3 is 5.97 Å². The van der Waals surface area contributed by atoms with Gasteiger partial charge in [-0.25, -0.2) is 14.8 Å². The number of hydrogen-bond donors (Lipinski definition) is 2. The highest BCUT2D eigenvalue weighted by atomic mass is 35.5. The van der Waals surface area contributed by atoms with Crippen LogP contribution in [0.3, 0.4) is 0 Å². The molecule has 0 unspecified atom stereocenters. The second-order valence-corrected chi connectivity index (χ2v) is 6.01. The van der Waals surface area contributed by atoms with Gasteiger partial charge in [0.15, 0.2) is 0 Å². The fourth-order valence-corrected chi connectivity index (χ4v) is 2.44. The van der Waals surface area contributed by atoms with Crippen LogP contribution in [0.1, 0.15) is 26.5 Å². The first-order chi connectivity index (χ1) is 13.6. The minimum Gasteiger partial charge on any atom is -0.465 e. The van der Waals surface area contributed by atoms with Crippen molar-refractivity contribution in [2.75, 3.05) is 12.4 Å². The Morgan fingerprint density at radius 3 is 2.64 bits per heavy atom. The number of ether oxygens (including phenoxy) is 1. The van der Waals surface area contributed by atoms with Crippen LogP contribution < -0.4 is 10.6 Å². The second kappa shape index (κ2) is 8.92. The third kappa shape index (κ3) is 4.80. The molecule has 0 spiro atoms. The Morgan fingerprint density at radius 2 is 1.96 bits per heavy atom. The van der Waals surface area contributed by atoms with Gasteiger partial charge in [-0.15, -0.1) is 0 Å². The summed E-state index contributed by atoms with van der Waals surface area (Å²) in [5.74, 6) is -0.480. The molecule has 0 aliphatic carbocycles. The molecule has 0 aliphatic rings. The lowest BCUT2D eigenvalue weighted by molar-refractivity contribution is 0.0600. The van der Waals surface area contributed by atoms with Gasteiger partial charge in [0.2, 0.25) is 0 Å². The molecule has 0 radical (unpaired) electrons. The van der Waals surface area contributed by atoms with Gasteiger partial charge < -0.3 is 15.4 Å². The molecule has 2 aromatic heterocycles. The second-order valence-electron chi connectivity index (χ2n) is 5.60. The first kappa shape index (κ1) is 19.2. The molecule has 142 valence electrons. The third-order valence-electron chi connectivity index (χ3n) is 3.69. The number of anilines is 2. The van der Waals surface area contributed by atoms with Crippen molar-refractivity contribution in [3.8, 4) is 0 Å². The molecular formula is C19H16ClN5O3. The van der Waals surface area contributed by atoms with E-state index in [9.17, 15) is 9.59 Å². The number of benzene rings is 1. The van der Waals surface area contributed by atoms with Crippen LogP contribution in [0, 0.1) is 0 Å². The summed E-state index contributed by atoms with van der Waals surface area (Å²) in [6.07, 6.45) is 4.40. The summed E-state index contributed by atoms with van der Waals surface area (Å²) in [4.78, 5) is 36.2. The molecule has 28 heavy (non-hydrogen) atoms. The number of halogens is 1. The summed E-state index contributed by atoms with van der Waals surface area (Å²) in [6, 6.07) is 10.1. The first-order valence-corrected chi connectivity index (χ1v) is 8.59. The Kier molecular flexibility index (Phi) is 6.13. The number of pyridine rings is 1. The molecular weight excluding hydrogens is 382 g/mol. The zero-order valence-electron chi connectivity index (χ0n) is 14.8. The van der Waals surface area contributed by atoms with Gasteiger partial charge in [-0.2, -0.15) is 0 Å². The Morgan fingerprint density at radius 1 is 1.11 bits per heavy atom. The van der Waals surface area contributed by atoms with E-state index < -0.39 is 5.97 Å². The van der Waals surface area contributed by atoms with E-state index in [0.29, 0.717) is 22.1 Å². The van der Waals surface area contributed by atoms with E-state index in [1.165, 1.54) is 19.5 Å². The normalized spacial score (nSPS) is 10.2. The maximum Gasteiger partial charge on any atom is 0.337 e. The Balaban J connectivity index is 1.66. The zero-order chi connectivity index (χ0) is 19.9. The largest absolute Gasteiger partial charge is 0.465 e. The van der Waals surface area contributed by atoms with Crippen molar-refractivity contribution in [2.24, 2.45) is 0 Å². The number of aromatic nitrogens is 3. The van der Waals surface area contributed by atoms with Gasteiger partial charge in [0, 0.05) is 6.20 Å². The molecule has 2 heterocycles. The van der Waals surface area contributed by atoms with E-state index in [4.69, 9.17) is 16.3 Å². The van der Waals surface area contributed by atoms with E-state index in [0.717, 1.165) is 5.69 Å². The molecule has 0 saturated carbocycles. The fraction of sp³-hybridized carbons (Fsp3) is 0.105. The van der Waals surface area contributed by atoms with Gasteiger partial charge in [-0.3, -0.25) is 9.78 Å². The predicted molar refractivity (Wildman–Crippen MR) is 104 cm³/mol. The quantitative estimate of drug-likeness (QED) is 0.616. The van der Waals surface area contributed by atoms with Crippen molar-refractivity contribution in [3.05, 3.63) is 77.0 Å². The van der Waals surface area contributed by atoms with Crippen molar-refractivity contribution >= 4 is 35.0 Å². The maximum absolute atomic E-state index is 12.2. The van der Waals surface area contributed by atoms with Gasteiger partial charge in [-0.1, -0.05) is 17.7 Å². The maximum atomic E-state index is 12.2. The summed E-state index contributed by atoms with van der Waals surface area (Å²) in [5, 5.41) is 6.08. The van der Waals surface area contributed by atoms with Crippen LogP contribution in [0.15, 0.2) is 55.0 Å². The Labute approximate surface area is 166 Å². The van der Waals surface area contributed by atoms with Crippen LogP contribution >= 0.6 is 11.6 Å². The van der Waals surface area contributed by atoms with Crippen LogP contribution in [0.25, 0.3) is 0 Å². The van der Waals surface area contributed by atoms with Crippen molar-refractivity contribution in [1.29, 1.82) is 0 Å². The van der Waals surface area contributed by atoms with Gasteiger partial charge in [0.25, 0.3) is 5.91 Å². The summed E-state index contributed by atoms with van der Waals surface area (Å²) < 4.78 is 4.69. The van der Waals surface area contributed by atoms with Crippen molar-refractivity contribution in [3.63, 3.8) is 0 Å². The smallest absolute Gasteiger partial charge is 0.337 e. The lowest BCUT2D eigenvalue weighted by Gasteiger charge is -2.09. The monoisotopic (exact) mass is 397 g/mol. The molecule has 3 aromatic rings. The van der Waals surface area contributed by atoms with E-state index >= 15 is 0 Å². The fourth-order valence-electron chi connectivity index (χ4n) is 2.28. The molecule has 1 amide bonds. The molecule has 0 aliphatic heterocycles. The zero-order valence-corrected chi connectivity index (χ0v) is 15.6. The van der Waals surface area contributed by atoms with Crippen LogP contribution in [-0.4, -0.2) is 33.9 Å². The van der Waals surface area contributed by atoms with Crippen molar-refractivity contribution < 1.29 is 14.3 Å². The molecule has 0 atom stereocenters. The van der Waals surface area contributed by atoms with E-state index in [-0.39, 0.29) is 18.1 Å². The minimum absolute atomic E-state index is 0.163. The summed E-state index contributed by atoms with van der Waals surface area (Å²) in [5.41, 5.74) is 1.71. The number of carbonyl (C=O) groups is 2. The standard InChI is InChI=1S/C19H16ClN5O3/c1-28-19(27)12-5-6-14(20)15(8-12)25-17-11-22-16(10-23-17)18(26)24-9-13-4-2-3-7-21-13/h2-8,10-11H,9H2,1H3,(H,23,25)(H,24,26). The summed E-state index contributed by atoms with van der Waals surface area (Å²) in [7, 11) is 1.30. The lowest BCUT2D eigenvalue weighted by Crippen LogP contribution is -2.24. The molecule has 0 saturated heterocycles. The molecule has 2 N–H and O–H groups in total. The summed E-state index contributed by atoms with van der Waals surface area (Å²) >= 11 is 6.14. The van der Waals surface area contributed by atoms with Crippen LogP contribution in [0.4, 0.5) is 11.5 Å². The number of carbonyl (C=O) groups excluding carboxylic acids is 2. The number of hydrogen-bond acceptors (Lipinski definition) is 7. The number of amides is 1. The van der Waals surface area contributed by atoms with E-state index in [2.05, 4.69) is 25.6 Å². The van der Waals surface area contributed by atoms with Crippen LogP contribution in [0.5, 0.6) is 0 Å². The number of esters is 1. The number of nitrogens with one attached hydrogen (secondary N) is 2. The number of rotatable bonds is 6. The van der Waals surface area contributed by atoms with Crippen molar-refractivity contribution in [2.45, 2.75) is 6.54 Å². The third-order valence-corrected chi connectivity index (χ3v) is 4.02. The molecule has 8 nitrogen and oxygen atoms in total. The number of methoxy groups -OCH3 is 1. The SMILES string of the molecule is COC(=O)c1ccc(Cl)c(Nc2cnc(C(=O)NCc3ccccn3)cn2)c1. The van der Waals surface area contributed by atoms with E-state index in [1.807, 2.05) is 12.1 Å². The van der Waals surface area contributed by atoms with Gasteiger partial charge in [0.1, 0.15) is 11.5 Å². The lowest BCUT2D eigenvalue weighted by atomic mass is 10.2. The minimum atomic E-state index is -0.481. The molecule has 1 aromatic carbocycles. The van der Waals surface area contributed by atoms with Crippen molar-refractivity contribution in [1.82, 2.24) is 20.3 Å². The molecule has 0 bridgehead atoms. The van der Waals surface area contributed by atoms with Crippen LogP contribution in [-0.2, 0) is 11.3 Å². The van der Waals surface area contributed by atoms with E-state index in [1.54, 1.807) is 30.5 Å². The molecule has 3 rings (SSSR count). The van der Waals surface area contributed by atoms with Gasteiger partial charge in [-0.05, 0) is 30.3 Å². The highest BCUT2D eigenvalue weighted by Gasteiger charge is 2.11. The molecule has 9 heteroatoms. The Hall–Kier alpha value is -3.52. The first-order valence-electron chi connectivity index (χ1n) is 8.22. The Bertz CT molecular complexity index is 981. The highest BCUT2D eigenvalue weighted by Crippen LogP contribution is 2.26. The predicted octanol–water partition coefficient (Wildman–Crippen LogP) is 2.99.